The Morgan fingerprint density at radius 1 is 1.00 bits per heavy atom. The Morgan fingerprint density at radius 2 is 1.64 bits per heavy atom. The lowest BCUT2D eigenvalue weighted by Crippen LogP contribution is -2.27. The SMILES string of the molecule is CC(=O)Nc1ccc(NC(=O)CCn2c(=O)oc3cc(S(=O)(=O)N4CCCC4)ccc32)cc1. The quantitative estimate of drug-likeness (QED) is 0.543. The van der Waals surface area contributed by atoms with Gasteiger partial charge in [-0.05, 0) is 49.2 Å². The molecule has 0 bridgehead atoms. The van der Waals surface area contributed by atoms with Crippen LogP contribution in [0.2, 0.25) is 0 Å². The third kappa shape index (κ3) is 4.99. The number of benzene rings is 2. The van der Waals surface area contributed by atoms with Gasteiger partial charge in [-0.25, -0.2) is 13.2 Å². The van der Waals surface area contributed by atoms with Gasteiger partial charge in [0, 0.05) is 50.4 Å². The highest BCUT2D eigenvalue weighted by atomic mass is 32.2. The molecule has 33 heavy (non-hydrogen) atoms. The van der Waals surface area contributed by atoms with Crippen LogP contribution in [0.4, 0.5) is 11.4 Å². The molecule has 3 aromatic rings. The summed E-state index contributed by atoms with van der Waals surface area (Å²) in [5.41, 5.74) is 1.75. The molecule has 1 aliphatic rings. The van der Waals surface area contributed by atoms with Crippen molar-refractivity contribution in [3.63, 3.8) is 0 Å². The van der Waals surface area contributed by atoms with Crippen molar-refractivity contribution in [1.82, 2.24) is 8.87 Å². The summed E-state index contributed by atoms with van der Waals surface area (Å²) in [6, 6.07) is 11.0. The Morgan fingerprint density at radius 3 is 2.27 bits per heavy atom. The lowest BCUT2D eigenvalue weighted by molar-refractivity contribution is -0.116. The number of nitrogens with one attached hydrogen (secondary N) is 2. The van der Waals surface area contributed by atoms with Crippen molar-refractivity contribution in [2.75, 3.05) is 23.7 Å². The Labute approximate surface area is 190 Å². The van der Waals surface area contributed by atoms with Crippen LogP contribution < -0.4 is 16.4 Å². The smallest absolute Gasteiger partial charge is 0.408 e. The van der Waals surface area contributed by atoms with Crippen molar-refractivity contribution < 1.29 is 22.4 Å². The minimum Gasteiger partial charge on any atom is -0.408 e. The maximum absolute atomic E-state index is 12.8. The maximum atomic E-state index is 12.8. The summed E-state index contributed by atoms with van der Waals surface area (Å²) in [4.78, 5) is 35.8. The molecule has 2 amide bonds. The number of carbonyl (C=O) groups is 2. The second kappa shape index (κ2) is 9.20. The summed E-state index contributed by atoms with van der Waals surface area (Å²) in [5, 5.41) is 5.37. The number of hydrogen-bond acceptors (Lipinski definition) is 6. The minimum absolute atomic E-state index is 0.00974. The fourth-order valence-electron chi connectivity index (χ4n) is 3.77. The number of aryl methyl sites for hydroxylation is 1. The zero-order chi connectivity index (χ0) is 23.6. The Kier molecular flexibility index (Phi) is 6.34. The third-order valence-electron chi connectivity index (χ3n) is 5.39. The van der Waals surface area contributed by atoms with Gasteiger partial charge in [-0.15, -0.1) is 0 Å². The molecule has 0 aliphatic carbocycles. The predicted molar refractivity (Wildman–Crippen MR) is 122 cm³/mol. The van der Waals surface area contributed by atoms with Crippen LogP contribution in [0.15, 0.2) is 56.6 Å². The minimum atomic E-state index is -3.63. The standard InChI is InChI=1S/C22H24N4O6S/c1-15(27)23-16-4-6-17(7-5-16)24-21(28)10-13-26-19-9-8-18(14-20(19)32-22(26)29)33(30,31)25-11-2-3-12-25/h4-9,14H,2-3,10-13H2,1H3,(H,23,27)(H,24,28). The molecule has 2 aromatic carbocycles. The number of carbonyl (C=O) groups excluding carboxylic acids is 2. The summed E-state index contributed by atoms with van der Waals surface area (Å²) in [5.74, 6) is -1.16. The molecule has 2 heterocycles. The molecule has 0 saturated carbocycles. The van der Waals surface area contributed by atoms with E-state index in [9.17, 15) is 22.8 Å². The Hall–Kier alpha value is -3.44. The van der Waals surface area contributed by atoms with Crippen LogP contribution in [0, 0.1) is 0 Å². The van der Waals surface area contributed by atoms with Crippen LogP contribution >= 0.6 is 0 Å². The van der Waals surface area contributed by atoms with Crippen LogP contribution in [0.25, 0.3) is 11.1 Å². The first-order chi connectivity index (χ1) is 15.7. The third-order valence-corrected chi connectivity index (χ3v) is 7.29. The largest absolute Gasteiger partial charge is 0.419 e. The second-order valence-electron chi connectivity index (χ2n) is 7.82. The number of fused-ring (bicyclic) bond motifs is 1. The zero-order valence-corrected chi connectivity index (χ0v) is 18.9. The van der Waals surface area contributed by atoms with Crippen LogP contribution in [0.5, 0.6) is 0 Å². The summed E-state index contributed by atoms with van der Waals surface area (Å²) in [6.45, 7) is 2.44. The van der Waals surface area contributed by atoms with E-state index in [0.717, 1.165) is 12.8 Å². The van der Waals surface area contributed by atoms with E-state index in [0.29, 0.717) is 30.0 Å². The molecule has 10 nitrogen and oxygen atoms in total. The van der Waals surface area contributed by atoms with Gasteiger partial charge in [0.15, 0.2) is 5.58 Å². The van der Waals surface area contributed by atoms with E-state index in [-0.39, 0.29) is 35.3 Å². The van der Waals surface area contributed by atoms with E-state index in [1.165, 1.54) is 34.0 Å². The molecule has 1 aliphatic heterocycles. The van der Waals surface area contributed by atoms with Gasteiger partial charge in [0.05, 0.1) is 10.4 Å². The fraction of sp³-hybridized carbons (Fsp3) is 0.318. The summed E-state index contributed by atoms with van der Waals surface area (Å²) in [6.07, 6.45) is 1.67. The number of amides is 2. The van der Waals surface area contributed by atoms with Crippen LogP contribution in [0.1, 0.15) is 26.2 Å². The molecule has 174 valence electrons. The topological polar surface area (TPSA) is 131 Å². The Balaban J connectivity index is 1.44. The number of anilines is 2. The van der Waals surface area contributed by atoms with Gasteiger partial charge >= 0.3 is 5.76 Å². The molecule has 11 heteroatoms. The van der Waals surface area contributed by atoms with Crippen LogP contribution in [0.3, 0.4) is 0 Å². The average molecular weight is 473 g/mol. The van der Waals surface area contributed by atoms with Gasteiger partial charge < -0.3 is 15.1 Å². The van der Waals surface area contributed by atoms with Gasteiger partial charge in [0.25, 0.3) is 0 Å². The average Bonchev–Trinajstić information content (AvgIpc) is 3.41. The molecule has 0 spiro atoms. The highest BCUT2D eigenvalue weighted by Crippen LogP contribution is 2.24. The normalized spacial score (nSPS) is 14.5. The molecule has 0 unspecified atom stereocenters. The maximum Gasteiger partial charge on any atom is 0.419 e. The molecule has 1 fully saturated rings. The highest BCUT2D eigenvalue weighted by Gasteiger charge is 2.28. The van der Waals surface area contributed by atoms with Crippen molar-refractivity contribution in [3.8, 4) is 0 Å². The van der Waals surface area contributed by atoms with Gasteiger partial charge in [0.1, 0.15) is 0 Å². The molecule has 1 aromatic heterocycles. The number of nitrogens with zero attached hydrogens (tertiary/aromatic N) is 2. The van der Waals surface area contributed by atoms with Crippen molar-refractivity contribution in [3.05, 3.63) is 53.0 Å². The van der Waals surface area contributed by atoms with E-state index >= 15 is 0 Å². The van der Waals surface area contributed by atoms with E-state index in [1.54, 1.807) is 24.3 Å². The first kappa shape index (κ1) is 22.7. The van der Waals surface area contributed by atoms with Gasteiger partial charge in [0.2, 0.25) is 21.8 Å². The summed E-state index contributed by atoms with van der Waals surface area (Å²) in [7, 11) is -3.63. The van der Waals surface area contributed by atoms with E-state index in [1.807, 2.05) is 0 Å². The van der Waals surface area contributed by atoms with E-state index in [4.69, 9.17) is 4.42 Å². The second-order valence-corrected chi connectivity index (χ2v) is 9.75. The summed E-state index contributed by atoms with van der Waals surface area (Å²) < 4.78 is 33.5. The number of sulfonamides is 1. The molecule has 4 rings (SSSR count). The molecular formula is C22H24N4O6S. The zero-order valence-electron chi connectivity index (χ0n) is 18.0. The van der Waals surface area contributed by atoms with Crippen molar-refractivity contribution in [1.29, 1.82) is 0 Å². The van der Waals surface area contributed by atoms with Crippen molar-refractivity contribution in [2.24, 2.45) is 0 Å². The first-order valence-corrected chi connectivity index (χ1v) is 12.0. The highest BCUT2D eigenvalue weighted by molar-refractivity contribution is 7.89. The monoisotopic (exact) mass is 472 g/mol. The van der Waals surface area contributed by atoms with E-state index in [2.05, 4.69) is 10.6 Å². The molecule has 0 radical (unpaired) electrons. The summed E-state index contributed by atoms with van der Waals surface area (Å²) >= 11 is 0. The number of aromatic nitrogens is 1. The lowest BCUT2D eigenvalue weighted by atomic mass is 10.2. The molecule has 0 atom stereocenters. The van der Waals surface area contributed by atoms with E-state index < -0.39 is 15.8 Å². The predicted octanol–water partition coefficient (Wildman–Crippen LogP) is 2.37. The van der Waals surface area contributed by atoms with Gasteiger partial charge in [-0.1, -0.05) is 0 Å². The Bertz CT molecular complexity index is 1350. The number of rotatable bonds is 7. The van der Waals surface area contributed by atoms with Crippen molar-refractivity contribution in [2.45, 2.75) is 37.6 Å². The molecule has 1 saturated heterocycles. The number of hydrogen-bond donors (Lipinski definition) is 2. The van der Waals surface area contributed by atoms with Crippen LogP contribution in [-0.2, 0) is 26.2 Å². The number of oxazole rings is 1. The first-order valence-electron chi connectivity index (χ1n) is 10.5. The molecular weight excluding hydrogens is 448 g/mol. The van der Waals surface area contributed by atoms with Crippen molar-refractivity contribution >= 4 is 44.3 Å². The fourth-order valence-corrected chi connectivity index (χ4v) is 5.31. The lowest BCUT2D eigenvalue weighted by Gasteiger charge is -2.15. The molecule has 2 N–H and O–H groups in total. The van der Waals surface area contributed by atoms with Crippen LogP contribution in [-0.4, -0.2) is 42.2 Å². The van der Waals surface area contributed by atoms with Gasteiger partial charge in [-0.3, -0.25) is 14.2 Å². The van der Waals surface area contributed by atoms with Gasteiger partial charge in [-0.2, -0.15) is 4.31 Å².